The summed E-state index contributed by atoms with van der Waals surface area (Å²) in [6, 6.07) is 0. The third kappa shape index (κ3) is 5.88. The first kappa shape index (κ1) is 10.5. The number of carboxylic acids is 1. The summed E-state index contributed by atoms with van der Waals surface area (Å²) in [4.78, 5) is 10.1. The van der Waals surface area contributed by atoms with Crippen molar-refractivity contribution in [2.75, 3.05) is 13.2 Å². The van der Waals surface area contributed by atoms with E-state index in [0.29, 0.717) is 6.61 Å². The lowest BCUT2D eigenvalue weighted by molar-refractivity contribution is -0.137. The molecule has 0 bridgehead atoms. The summed E-state index contributed by atoms with van der Waals surface area (Å²) in [5.41, 5.74) is 0. The minimum atomic E-state index is -1.05. The van der Waals surface area contributed by atoms with Crippen molar-refractivity contribution in [2.45, 2.75) is 12.3 Å². The van der Waals surface area contributed by atoms with E-state index in [9.17, 15) is 4.79 Å². The second kappa shape index (κ2) is 6.19. The van der Waals surface area contributed by atoms with Crippen molar-refractivity contribution in [1.29, 1.82) is 0 Å². The smallest absolute Gasteiger partial charge is 0.324 e. The summed E-state index contributed by atoms with van der Waals surface area (Å²) >= 11 is 5.35. The van der Waals surface area contributed by atoms with Gasteiger partial charge < -0.3 is 9.84 Å². The van der Waals surface area contributed by atoms with Gasteiger partial charge in [0.1, 0.15) is 0 Å². The minimum Gasteiger partial charge on any atom is -0.480 e. The van der Waals surface area contributed by atoms with Crippen LogP contribution in [0.1, 0.15) is 6.92 Å². The molecule has 0 radical (unpaired) electrons. The van der Waals surface area contributed by atoms with Gasteiger partial charge in [0.25, 0.3) is 0 Å². The molecule has 0 rings (SSSR count). The molecule has 0 saturated carbocycles. The van der Waals surface area contributed by atoms with Gasteiger partial charge in [-0.2, -0.15) is 0 Å². The quantitative estimate of drug-likeness (QED) is 0.392. The van der Waals surface area contributed by atoms with Crippen molar-refractivity contribution in [3.8, 4) is 0 Å². The maximum absolute atomic E-state index is 10.1. The molecule has 1 unspecified atom stereocenters. The summed E-state index contributed by atoms with van der Waals surface area (Å²) < 4.78 is 4.90. The molecule has 0 aliphatic heterocycles. The number of ether oxygens (including phenoxy) is 1. The first-order chi connectivity index (χ1) is 5.18. The summed E-state index contributed by atoms with van der Waals surface area (Å²) in [7, 11) is 0. The van der Waals surface area contributed by atoms with E-state index >= 15 is 0 Å². The highest BCUT2D eigenvalue weighted by atomic mass is 35.5. The van der Waals surface area contributed by atoms with Crippen LogP contribution in [0.25, 0.3) is 0 Å². The Morgan fingerprint density at radius 2 is 2.45 bits per heavy atom. The molecule has 0 aliphatic rings. The van der Waals surface area contributed by atoms with E-state index in [0.717, 1.165) is 0 Å². The molecular weight excluding hydrogens is 168 g/mol. The van der Waals surface area contributed by atoms with E-state index in [2.05, 4.69) is 0 Å². The van der Waals surface area contributed by atoms with Crippen LogP contribution in [0.5, 0.6) is 0 Å². The van der Waals surface area contributed by atoms with Crippen LogP contribution in [-0.4, -0.2) is 29.7 Å². The molecule has 0 aromatic carbocycles. The molecular formula is C7H11ClO3. The van der Waals surface area contributed by atoms with Crippen molar-refractivity contribution in [1.82, 2.24) is 0 Å². The number of alkyl halides is 1. The van der Waals surface area contributed by atoms with Crippen LogP contribution >= 0.6 is 11.6 Å². The highest BCUT2D eigenvalue weighted by molar-refractivity contribution is 6.29. The van der Waals surface area contributed by atoms with Crippen LogP contribution in [0, 0.1) is 0 Å². The first-order valence-corrected chi connectivity index (χ1v) is 3.68. The Kier molecular flexibility index (Phi) is 5.88. The van der Waals surface area contributed by atoms with Gasteiger partial charge in [0.2, 0.25) is 0 Å². The predicted molar refractivity (Wildman–Crippen MR) is 42.9 cm³/mol. The maximum Gasteiger partial charge on any atom is 0.324 e. The Bertz CT molecular complexity index is 145. The molecule has 0 saturated heterocycles. The summed E-state index contributed by atoms with van der Waals surface area (Å²) in [5, 5.41) is 7.36. The highest BCUT2D eigenvalue weighted by Crippen LogP contribution is 1.96. The van der Waals surface area contributed by atoms with E-state index in [1.807, 2.05) is 13.0 Å². The first-order valence-electron chi connectivity index (χ1n) is 3.24. The van der Waals surface area contributed by atoms with E-state index < -0.39 is 11.3 Å². The molecule has 0 heterocycles. The van der Waals surface area contributed by atoms with Gasteiger partial charge in [-0.05, 0) is 6.92 Å². The summed E-state index contributed by atoms with van der Waals surface area (Å²) in [6.45, 7) is 2.31. The van der Waals surface area contributed by atoms with Gasteiger partial charge in [0.15, 0.2) is 5.38 Å². The van der Waals surface area contributed by atoms with Gasteiger partial charge in [0.05, 0.1) is 13.2 Å². The predicted octanol–water partition coefficient (Wildman–Crippen LogP) is 1.27. The molecule has 3 nitrogen and oxygen atoms in total. The summed E-state index contributed by atoms with van der Waals surface area (Å²) in [5.74, 6) is -1.05. The van der Waals surface area contributed by atoms with Crippen molar-refractivity contribution in [3.63, 3.8) is 0 Å². The highest BCUT2D eigenvalue weighted by Gasteiger charge is 2.12. The number of aliphatic carboxylic acids is 1. The second-order valence-electron chi connectivity index (χ2n) is 1.91. The van der Waals surface area contributed by atoms with Crippen LogP contribution in [0.2, 0.25) is 0 Å². The fourth-order valence-electron chi connectivity index (χ4n) is 0.407. The topological polar surface area (TPSA) is 46.5 Å². The van der Waals surface area contributed by atoms with Crippen LogP contribution in [0.4, 0.5) is 0 Å². The lowest BCUT2D eigenvalue weighted by Crippen LogP contribution is -2.19. The molecule has 11 heavy (non-hydrogen) atoms. The lowest BCUT2D eigenvalue weighted by Gasteiger charge is -2.02. The Morgan fingerprint density at radius 3 is 2.91 bits per heavy atom. The standard InChI is InChI=1S/C7H11ClO3/c1-2-3-4-11-5-6(8)7(9)10/h2-3,6H,4-5H2,1H3,(H,9,10)/b3-2+. The van der Waals surface area contributed by atoms with Crippen LogP contribution in [0.15, 0.2) is 12.2 Å². The number of hydrogen-bond acceptors (Lipinski definition) is 2. The zero-order valence-corrected chi connectivity index (χ0v) is 7.04. The van der Waals surface area contributed by atoms with Crippen LogP contribution in [-0.2, 0) is 9.53 Å². The number of carbonyl (C=O) groups is 1. The molecule has 0 aromatic rings. The number of rotatable bonds is 5. The van der Waals surface area contributed by atoms with E-state index in [-0.39, 0.29) is 6.61 Å². The van der Waals surface area contributed by atoms with Crippen molar-refractivity contribution in [2.24, 2.45) is 0 Å². The Hall–Kier alpha value is -0.540. The lowest BCUT2D eigenvalue weighted by atomic mass is 10.4. The average Bonchev–Trinajstić information content (AvgIpc) is 1.97. The molecule has 0 amide bonds. The van der Waals surface area contributed by atoms with E-state index in [1.54, 1.807) is 6.08 Å². The maximum atomic E-state index is 10.1. The fraction of sp³-hybridized carbons (Fsp3) is 0.571. The fourth-order valence-corrected chi connectivity index (χ4v) is 0.496. The monoisotopic (exact) mass is 178 g/mol. The Morgan fingerprint density at radius 1 is 1.82 bits per heavy atom. The minimum absolute atomic E-state index is 0.0429. The summed E-state index contributed by atoms with van der Waals surface area (Å²) in [6.07, 6.45) is 3.61. The molecule has 0 spiro atoms. The molecule has 0 fully saturated rings. The second-order valence-corrected chi connectivity index (χ2v) is 2.44. The molecule has 64 valence electrons. The van der Waals surface area contributed by atoms with E-state index in [4.69, 9.17) is 21.4 Å². The molecule has 0 aromatic heterocycles. The number of hydrogen-bond donors (Lipinski definition) is 1. The van der Waals surface area contributed by atoms with Crippen molar-refractivity contribution >= 4 is 17.6 Å². The van der Waals surface area contributed by atoms with E-state index in [1.165, 1.54) is 0 Å². The van der Waals surface area contributed by atoms with Gasteiger partial charge in [-0.25, -0.2) is 0 Å². The number of carboxylic acid groups (broad SMARTS) is 1. The molecule has 0 aliphatic carbocycles. The largest absolute Gasteiger partial charge is 0.480 e. The Balaban J connectivity index is 3.31. The van der Waals surface area contributed by atoms with Gasteiger partial charge in [-0.1, -0.05) is 12.2 Å². The van der Waals surface area contributed by atoms with Crippen LogP contribution < -0.4 is 0 Å². The third-order valence-corrected chi connectivity index (χ3v) is 1.29. The van der Waals surface area contributed by atoms with Crippen LogP contribution in [0.3, 0.4) is 0 Å². The Labute approximate surface area is 70.6 Å². The number of halogens is 1. The third-order valence-electron chi connectivity index (χ3n) is 0.982. The number of allylic oxidation sites excluding steroid dienone is 1. The zero-order chi connectivity index (χ0) is 8.69. The molecule has 1 N–H and O–H groups in total. The molecule has 4 heteroatoms. The van der Waals surface area contributed by atoms with Crippen molar-refractivity contribution in [3.05, 3.63) is 12.2 Å². The van der Waals surface area contributed by atoms with Crippen molar-refractivity contribution < 1.29 is 14.6 Å². The SMILES string of the molecule is C/C=C/COCC(Cl)C(=O)O. The van der Waals surface area contributed by atoms with Gasteiger partial charge in [0, 0.05) is 0 Å². The molecule has 1 atom stereocenters. The van der Waals surface area contributed by atoms with Gasteiger partial charge >= 0.3 is 5.97 Å². The zero-order valence-electron chi connectivity index (χ0n) is 6.29. The van der Waals surface area contributed by atoms with Gasteiger partial charge in [-0.3, -0.25) is 4.79 Å². The normalized spacial score (nSPS) is 13.6. The van der Waals surface area contributed by atoms with Gasteiger partial charge in [-0.15, -0.1) is 11.6 Å². The average molecular weight is 179 g/mol.